The second-order valence-electron chi connectivity index (χ2n) is 3.70. The standard InChI is InChI=1S/C14H12N2O2S/c17-12(10-19-13-8-4-5-9-15-13)16-14(18)11-6-2-1-3-7-11/h1-9H,10H2,(H,16,17,18). The molecule has 2 rings (SSSR count). The summed E-state index contributed by atoms with van der Waals surface area (Å²) in [7, 11) is 0. The van der Waals surface area contributed by atoms with Crippen LogP contribution in [-0.4, -0.2) is 22.6 Å². The number of thioether (sulfide) groups is 1. The van der Waals surface area contributed by atoms with Gasteiger partial charge in [-0.2, -0.15) is 0 Å². The van der Waals surface area contributed by atoms with E-state index in [0.717, 1.165) is 5.03 Å². The summed E-state index contributed by atoms with van der Waals surface area (Å²) in [6.07, 6.45) is 1.66. The van der Waals surface area contributed by atoms with E-state index in [2.05, 4.69) is 10.3 Å². The van der Waals surface area contributed by atoms with Gasteiger partial charge in [0.2, 0.25) is 5.91 Å². The summed E-state index contributed by atoms with van der Waals surface area (Å²) in [4.78, 5) is 27.4. The SMILES string of the molecule is O=C(CSc1ccccn1)NC(=O)c1ccccc1. The van der Waals surface area contributed by atoms with Gasteiger partial charge in [0.25, 0.3) is 5.91 Å². The van der Waals surface area contributed by atoms with Gasteiger partial charge in [-0.1, -0.05) is 36.0 Å². The van der Waals surface area contributed by atoms with Gasteiger partial charge < -0.3 is 0 Å². The van der Waals surface area contributed by atoms with E-state index in [-0.39, 0.29) is 17.6 Å². The molecule has 0 aliphatic carbocycles. The molecule has 0 unspecified atom stereocenters. The van der Waals surface area contributed by atoms with Crippen LogP contribution in [0.15, 0.2) is 59.8 Å². The number of hydrogen-bond acceptors (Lipinski definition) is 4. The van der Waals surface area contributed by atoms with Gasteiger partial charge >= 0.3 is 0 Å². The normalized spacial score (nSPS) is 9.89. The van der Waals surface area contributed by atoms with Gasteiger partial charge in [-0.05, 0) is 24.3 Å². The van der Waals surface area contributed by atoms with Gasteiger partial charge in [0.05, 0.1) is 10.8 Å². The minimum Gasteiger partial charge on any atom is -0.292 e. The van der Waals surface area contributed by atoms with Crippen molar-refractivity contribution in [3.63, 3.8) is 0 Å². The van der Waals surface area contributed by atoms with Crippen LogP contribution in [0.5, 0.6) is 0 Å². The monoisotopic (exact) mass is 272 g/mol. The maximum atomic E-state index is 11.7. The summed E-state index contributed by atoms with van der Waals surface area (Å²) in [5, 5.41) is 3.09. The first-order chi connectivity index (χ1) is 9.25. The summed E-state index contributed by atoms with van der Waals surface area (Å²) in [6.45, 7) is 0. The van der Waals surface area contributed by atoms with E-state index in [4.69, 9.17) is 0 Å². The van der Waals surface area contributed by atoms with Gasteiger partial charge in [-0.25, -0.2) is 4.98 Å². The molecule has 0 aliphatic rings. The van der Waals surface area contributed by atoms with E-state index in [1.165, 1.54) is 11.8 Å². The Bertz CT molecular complexity index is 558. The highest BCUT2D eigenvalue weighted by Crippen LogP contribution is 2.13. The second kappa shape index (κ2) is 6.70. The molecule has 0 atom stereocenters. The van der Waals surface area contributed by atoms with Crippen LogP contribution in [0.25, 0.3) is 0 Å². The van der Waals surface area contributed by atoms with E-state index in [9.17, 15) is 9.59 Å². The van der Waals surface area contributed by atoms with E-state index in [0.29, 0.717) is 5.56 Å². The maximum absolute atomic E-state index is 11.7. The molecule has 1 aromatic heterocycles. The van der Waals surface area contributed by atoms with Gasteiger partial charge in [-0.15, -0.1) is 0 Å². The van der Waals surface area contributed by atoms with Crippen LogP contribution in [0.1, 0.15) is 10.4 Å². The van der Waals surface area contributed by atoms with Gasteiger partial charge in [-0.3, -0.25) is 14.9 Å². The van der Waals surface area contributed by atoms with Crippen molar-refractivity contribution in [1.82, 2.24) is 10.3 Å². The fraction of sp³-hybridized carbons (Fsp3) is 0.0714. The van der Waals surface area contributed by atoms with E-state index < -0.39 is 0 Å². The second-order valence-corrected chi connectivity index (χ2v) is 4.70. The Morgan fingerprint density at radius 3 is 2.47 bits per heavy atom. The predicted octanol–water partition coefficient (Wildman–Crippen LogP) is 2.13. The first-order valence-corrected chi connectivity index (χ1v) is 6.67. The van der Waals surface area contributed by atoms with Crippen molar-refractivity contribution in [2.45, 2.75) is 5.03 Å². The Morgan fingerprint density at radius 1 is 1.05 bits per heavy atom. The molecular weight excluding hydrogens is 260 g/mol. The number of nitrogens with one attached hydrogen (secondary N) is 1. The molecule has 1 heterocycles. The number of pyridine rings is 1. The fourth-order valence-corrected chi connectivity index (χ4v) is 2.06. The van der Waals surface area contributed by atoms with Crippen molar-refractivity contribution in [2.24, 2.45) is 0 Å². The Hall–Kier alpha value is -2.14. The van der Waals surface area contributed by atoms with Crippen LogP contribution in [0.4, 0.5) is 0 Å². The summed E-state index contributed by atoms with van der Waals surface area (Å²) in [5.74, 6) is -0.549. The lowest BCUT2D eigenvalue weighted by Gasteiger charge is -2.03. The van der Waals surface area contributed by atoms with E-state index in [1.54, 1.807) is 30.5 Å². The van der Waals surface area contributed by atoms with Gasteiger partial charge in [0.15, 0.2) is 0 Å². The summed E-state index contributed by atoms with van der Waals surface area (Å²) >= 11 is 1.29. The minimum atomic E-state index is -0.382. The minimum absolute atomic E-state index is 0.162. The molecule has 0 saturated heterocycles. The number of hydrogen-bond donors (Lipinski definition) is 1. The van der Waals surface area contributed by atoms with Crippen molar-refractivity contribution >= 4 is 23.6 Å². The zero-order valence-electron chi connectivity index (χ0n) is 10.1. The number of amides is 2. The molecule has 5 heteroatoms. The Labute approximate surface area is 115 Å². The number of aromatic nitrogens is 1. The number of rotatable bonds is 4. The lowest BCUT2D eigenvalue weighted by Crippen LogP contribution is -2.31. The number of nitrogens with zero attached hydrogens (tertiary/aromatic N) is 1. The first-order valence-electron chi connectivity index (χ1n) is 5.69. The van der Waals surface area contributed by atoms with Crippen molar-refractivity contribution in [3.05, 3.63) is 60.3 Å². The van der Waals surface area contributed by atoms with Gasteiger partial charge in [0.1, 0.15) is 0 Å². The van der Waals surface area contributed by atoms with Crippen molar-refractivity contribution in [3.8, 4) is 0 Å². The molecule has 0 aliphatic heterocycles. The van der Waals surface area contributed by atoms with Crippen LogP contribution in [0.3, 0.4) is 0 Å². The molecule has 1 aromatic carbocycles. The summed E-state index contributed by atoms with van der Waals surface area (Å²) in [6, 6.07) is 14.1. The zero-order chi connectivity index (χ0) is 13.5. The molecule has 19 heavy (non-hydrogen) atoms. The lowest BCUT2D eigenvalue weighted by molar-refractivity contribution is -0.117. The van der Waals surface area contributed by atoms with Crippen LogP contribution >= 0.6 is 11.8 Å². The molecule has 4 nitrogen and oxygen atoms in total. The Morgan fingerprint density at radius 2 is 1.79 bits per heavy atom. The lowest BCUT2D eigenvalue weighted by atomic mass is 10.2. The van der Waals surface area contributed by atoms with Crippen LogP contribution in [0, 0.1) is 0 Å². The molecule has 0 bridgehead atoms. The highest BCUT2D eigenvalue weighted by molar-refractivity contribution is 7.99. The summed E-state index contributed by atoms with van der Waals surface area (Å²) in [5.41, 5.74) is 0.471. The quantitative estimate of drug-likeness (QED) is 0.866. The third kappa shape index (κ3) is 4.22. The molecule has 0 saturated carbocycles. The van der Waals surface area contributed by atoms with Crippen LogP contribution < -0.4 is 5.32 Å². The highest BCUT2D eigenvalue weighted by Gasteiger charge is 2.10. The largest absolute Gasteiger partial charge is 0.292 e. The molecule has 0 fully saturated rings. The fourth-order valence-electron chi connectivity index (χ4n) is 1.40. The third-order valence-corrected chi connectivity index (χ3v) is 3.22. The Kier molecular flexibility index (Phi) is 4.69. The third-order valence-electron chi connectivity index (χ3n) is 2.28. The molecule has 2 aromatic rings. The first kappa shape index (κ1) is 13.3. The number of carbonyl (C=O) groups is 2. The molecule has 1 N–H and O–H groups in total. The molecular formula is C14H12N2O2S. The molecule has 2 amide bonds. The number of carbonyl (C=O) groups excluding carboxylic acids is 2. The van der Waals surface area contributed by atoms with Crippen LogP contribution in [0.2, 0.25) is 0 Å². The van der Waals surface area contributed by atoms with Crippen LogP contribution in [-0.2, 0) is 4.79 Å². The average Bonchev–Trinajstić information content (AvgIpc) is 2.47. The molecule has 0 radical (unpaired) electrons. The van der Waals surface area contributed by atoms with Gasteiger partial charge in [0, 0.05) is 11.8 Å². The Balaban J connectivity index is 1.83. The topological polar surface area (TPSA) is 59.1 Å². The predicted molar refractivity (Wildman–Crippen MR) is 73.9 cm³/mol. The van der Waals surface area contributed by atoms with E-state index in [1.807, 2.05) is 24.3 Å². The molecule has 96 valence electrons. The van der Waals surface area contributed by atoms with Crippen molar-refractivity contribution in [2.75, 3.05) is 5.75 Å². The maximum Gasteiger partial charge on any atom is 0.257 e. The highest BCUT2D eigenvalue weighted by atomic mass is 32.2. The molecule has 0 spiro atoms. The van der Waals surface area contributed by atoms with Crippen molar-refractivity contribution in [1.29, 1.82) is 0 Å². The average molecular weight is 272 g/mol. The van der Waals surface area contributed by atoms with E-state index >= 15 is 0 Å². The number of benzene rings is 1. The zero-order valence-corrected chi connectivity index (χ0v) is 10.9. The summed E-state index contributed by atoms with van der Waals surface area (Å²) < 4.78 is 0. The van der Waals surface area contributed by atoms with Crippen molar-refractivity contribution < 1.29 is 9.59 Å². The number of imide groups is 1. The smallest absolute Gasteiger partial charge is 0.257 e.